The van der Waals surface area contributed by atoms with Crippen LogP contribution in [0.3, 0.4) is 0 Å². The minimum absolute atomic E-state index is 0.0919. The lowest BCUT2D eigenvalue weighted by atomic mass is 10.2. The molecule has 0 aromatic heterocycles. The number of rotatable bonds is 6. The van der Waals surface area contributed by atoms with Crippen LogP contribution in [0.1, 0.15) is 15.9 Å². The highest BCUT2D eigenvalue weighted by Gasteiger charge is 2.08. The zero-order valence-electron chi connectivity index (χ0n) is 13.9. The summed E-state index contributed by atoms with van der Waals surface area (Å²) in [4.78, 5) is 23.4. The third-order valence-electron chi connectivity index (χ3n) is 3.39. The number of carbonyl (C=O) groups excluding carboxylic acids is 2. The Hall–Kier alpha value is -3.02. The summed E-state index contributed by atoms with van der Waals surface area (Å²) in [5.74, 6) is 0.0122. The molecule has 0 aliphatic heterocycles. The van der Waals surface area contributed by atoms with Crippen LogP contribution >= 0.6 is 0 Å². The highest BCUT2D eigenvalue weighted by molar-refractivity contribution is 5.95. The predicted octanol–water partition coefficient (Wildman–Crippen LogP) is 2.84. The number of methoxy groups -OCH3 is 2. The molecule has 0 spiro atoms. The van der Waals surface area contributed by atoms with Gasteiger partial charge in [0, 0.05) is 5.69 Å². The summed E-state index contributed by atoms with van der Waals surface area (Å²) in [6, 6.07) is 12.3. The third kappa shape index (κ3) is 4.49. The standard InChI is InChI=1S/C18H20N2O4/c1-12-4-9-16(23-2)15(10-12)20-17(21)11-19-14-7-5-13(6-8-14)18(22)24-3/h4-10,19H,11H2,1-3H3,(H,20,21). The first-order valence-corrected chi connectivity index (χ1v) is 7.40. The van der Waals surface area contributed by atoms with E-state index in [2.05, 4.69) is 15.4 Å². The maximum atomic E-state index is 12.1. The lowest BCUT2D eigenvalue weighted by molar-refractivity contribution is -0.114. The largest absolute Gasteiger partial charge is 0.495 e. The highest BCUT2D eigenvalue weighted by Crippen LogP contribution is 2.25. The summed E-state index contributed by atoms with van der Waals surface area (Å²) in [5.41, 5.74) is 2.84. The van der Waals surface area contributed by atoms with Crippen molar-refractivity contribution in [1.82, 2.24) is 0 Å². The molecule has 2 aromatic rings. The van der Waals surface area contributed by atoms with E-state index >= 15 is 0 Å². The monoisotopic (exact) mass is 328 g/mol. The van der Waals surface area contributed by atoms with Gasteiger partial charge in [-0.25, -0.2) is 4.79 Å². The van der Waals surface area contributed by atoms with Gasteiger partial charge >= 0.3 is 5.97 Å². The number of anilines is 2. The lowest BCUT2D eigenvalue weighted by Gasteiger charge is -2.12. The molecule has 6 heteroatoms. The van der Waals surface area contributed by atoms with E-state index in [1.165, 1.54) is 7.11 Å². The maximum Gasteiger partial charge on any atom is 0.337 e. The van der Waals surface area contributed by atoms with Crippen LogP contribution in [0, 0.1) is 6.92 Å². The topological polar surface area (TPSA) is 76.7 Å². The number of carbonyl (C=O) groups is 2. The molecule has 0 saturated heterocycles. The van der Waals surface area contributed by atoms with Crippen molar-refractivity contribution in [1.29, 1.82) is 0 Å². The first-order valence-electron chi connectivity index (χ1n) is 7.40. The second-order valence-electron chi connectivity index (χ2n) is 5.17. The molecule has 0 aliphatic rings. The number of aryl methyl sites for hydroxylation is 1. The van der Waals surface area contributed by atoms with Gasteiger partial charge in [0.05, 0.1) is 32.0 Å². The second kappa shape index (κ2) is 8.01. The van der Waals surface area contributed by atoms with Gasteiger partial charge in [0.15, 0.2) is 0 Å². The molecule has 1 amide bonds. The van der Waals surface area contributed by atoms with Gasteiger partial charge in [0.25, 0.3) is 0 Å². The van der Waals surface area contributed by atoms with Gasteiger partial charge in [-0.3, -0.25) is 4.79 Å². The predicted molar refractivity (Wildman–Crippen MR) is 92.6 cm³/mol. The van der Waals surface area contributed by atoms with Gasteiger partial charge in [-0.15, -0.1) is 0 Å². The van der Waals surface area contributed by atoms with Gasteiger partial charge in [0.2, 0.25) is 5.91 Å². The number of nitrogens with one attached hydrogen (secondary N) is 2. The summed E-state index contributed by atoms with van der Waals surface area (Å²) in [7, 11) is 2.89. The molecule has 2 rings (SSSR count). The summed E-state index contributed by atoms with van der Waals surface area (Å²) < 4.78 is 9.87. The number of hydrogen-bond donors (Lipinski definition) is 2. The molecule has 0 aliphatic carbocycles. The number of ether oxygens (including phenoxy) is 2. The molecule has 0 fully saturated rings. The van der Waals surface area contributed by atoms with Crippen molar-refractivity contribution in [3.8, 4) is 5.75 Å². The smallest absolute Gasteiger partial charge is 0.337 e. The van der Waals surface area contributed by atoms with E-state index in [1.807, 2.05) is 25.1 Å². The normalized spacial score (nSPS) is 9.96. The van der Waals surface area contributed by atoms with Crippen LogP contribution in [0.4, 0.5) is 11.4 Å². The quantitative estimate of drug-likeness (QED) is 0.798. The average Bonchev–Trinajstić information content (AvgIpc) is 2.60. The van der Waals surface area contributed by atoms with E-state index < -0.39 is 5.97 Å². The van der Waals surface area contributed by atoms with Crippen molar-refractivity contribution in [2.24, 2.45) is 0 Å². The summed E-state index contributed by atoms with van der Waals surface area (Å²) >= 11 is 0. The fourth-order valence-electron chi connectivity index (χ4n) is 2.14. The van der Waals surface area contributed by atoms with Crippen molar-refractivity contribution in [2.45, 2.75) is 6.92 Å². The summed E-state index contributed by atoms with van der Waals surface area (Å²) in [6.07, 6.45) is 0. The molecule has 0 unspecified atom stereocenters. The Balaban J connectivity index is 1.94. The van der Waals surface area contributed by atoms with Gasteiger partial charge in [-0.1, -0.05) is 6.07 Å². The van der Waals surface area contributed by atoms with Crippen LogP contribution in [-0.4, -0.2) is 32.6 Å². The van der Waals surface area contributed by atoms with E-state index in [4.69, 9.17) is 4.74 Å². The van der Waals surface area contributed by atoms with Crippen LogP contribution in [0.2, 0.25) is 0 Å². The van der Waals surface area contributed by atoms with E-state index in [0.717, 1.165) is 11.3 Å². The third-order valence-corrected chi connectivity index (χ3v) is 3.39. The fraction of sp³-hybridized carbons (Fsp3) is 0.222. The lowest BCUT2D eigenvalue weighted by Crippen LogP contribution is -2.22. The molecule has 0 radical (unpaired) electrons. The molecular formula is C18H20N2O4. The van der Waals surface area contributed by atoms with Crippen LogP contribution in [0.5, 0.6) is 5.75 Å². The van der Waals surface area contributed by atoms with Gasteiger partial charge in [-0.05, 0) is 48.9 Å². The molecule has 6 nitrogen and oxygen atoms in total. The SMILES string of the molecule is COC(=O)c1ccc(NCC(=O)Nc2cc(C)ccc2OC)cc1. The van der Waals surface area contributed by atoms with Crippen molar-refractivity contribution in [3.05, 3.63) is 53.6 Å². The molecule has 0 heterocycles. The molecule has 2 aromatic carbocycles. The summed E-state index contributed by atoms with van der Waals surface area (Å²) in [6.45, 7) is 2.03. The Bertz CT molecular complexity index is 726. The molecular weight excluding hydrogens is 308 g/mol. The fourth-order valence-corrected chi connectivity index (χ4v) is 2.14. The van der Waals surface area contributed by atoms with Crippen LogP contribution < -0.4 is 15.4 Å². The van der Waals surface area contributed by atoms with E-state index in [1.54, 1.807) is 31.4 Å². The Kier molecular flexibility index (Phi) is 5.78. The Morgan fingerprint density at radius 1 is 1.04 bits per heavy atom. The second-order valence-corrected chi connectivity index (χ2v) is 5.17. The first-order chi connectivity index (χ1) is 11.5. The Labute approximate surface area is 140 Å². The highest BCUT2D eigenvalue weighted by atomic mass is 16.5. The zero-order chi connectivity index (χ0) is 17.5. The number of hydrogen-bond acceptors (Lipinski definition) is 5. The van der Waals surface area contributed by atoms with Crippen LogP contribution in [0.15, 0.2) is 42.5 Å². The van der Waals surface area contributed by atoms with Crippen LogP contribution in [-0.2, 0) is 9.53 Å². The van der Waals surface area contributed by atoms with Gasteiger partial charge in [0.1, 0.15) is 5.75 Å². The molecule has 2 N–H and O–H groups in total. The zero-order valence-corrected chi connectivity index (χ0v) is 13.9. The molecule has 24 heavy (non-hydrogen) atoms. The van der Waals surface area contributed by atoms with Crippen LogP contribution in [0.25, 0.3) is 0 Å². The maximum absolute atomic E-state index is 12.1. The number of esters is 1. The molecule has 126 valence electrons. The summed E-state index contributed by atoms with van der Waals surface area (Å²) in [5, 5.41) is 5.81. The van der Waals surface area contributed by atoms with Crippen molar-refractivity contribution >= 4 is 23.3 Å². The van der Waals surface area contributed by atoms with Crippen molar-refractivity contribution < 1.29 is 19.1 Å². The van der Waals surface area contributed by atoms with Crippen molar-refractivity contribution in [2.75, 3.05) is 31.4 Å². The number of benzene rings is 2. The molecule has 0 saturated carbocycles. The van der Waals surface area contributed by atoms with Crippen molar-refractivity contribution in [3.63, 3.8) is 0 Å². The van der Waals surface area contributed by atoms with E-state index in [-0.39, 0.29) is 12.5 Å². The molecule has 0 bridgehead atoms. The van der Waals surface area contributed by atoms with Gasteiger partial charge in [-0.2, -0.15) is 0 Å². The Morgan fingerprint density at radius 3 is 2.38 bits per heavy atom. The Morgan fingerprint density at radius 2 is 1.75 bits per heavy atom. The first kappa shape index (κ1) is 17.3. The minimum atomic E-state index is -0.397. The minimum Gasteiger partial charge on any atom is -0.495 e. The van der Waals surface area contributed by atoms with E-state index in [0.29, 0.717) is 17.0 Å². The van der Waals surface area contributed by atoms with Gasteiger partial charge < -0.3 is 20.1 Å². The van der Waals surface area contributed by atoms with E-state index in [9.17, 15) is 9.59 Å². The number of amides is 1. The average molecular weight is 328 g/mol. The molecule has 0 atom stereocenters.